The van der Waals surface area contributed by atoms with Gasteiger partial charge in [0.15, 0.2) is 23.3 Å². The minimum absolute atomic E-state index is 0.164. The third-order valence-corrected chi connectivity index (χ3v) is 5.73. The monoisotopic (exact) mass is 477 g/mol. The Morgan fingerprint density at radius 2 is 2.00 bits per heavy atom. The molecular formula is C22H21ClFN3O4S. The molecule has 1 aliphatic rings. The van der Waals surface area contributed by atoms with E-state index >= 15 is 0 Å². The molecule has 1 N–H and O–H groups in total. The number of amides is 2. The van der Waals surface area contributed by atoms with Gasteiger partial charge in [0.1, 0.15) is 5.82 Å². The molecule has 1 saturated heterocycles. The van der Waals surface area contributed by atoms with E-state index in [1.807, 2.05) is 0 Å². The van der Waals surface area contributed by atoms with Crippen LogP contribution < -0.4 is 14.8 Å². The molecule has 7 nitrogen and oxygen atoms in total. The maximum atomic E-state index is 13.0. The molecule has 10 heteroatoms. The van der Waals surface area contributed by atoms with E-state index < -0.39 is 11.7 Å². The Bertz CT molecular complexity index is 1090. The summed E-state index contributed by atoms with van der Waals surface area (Å²) in [5.74, 6) is -0.450. The molecular weight excluding hydrogens is 457 g/mol. The highest BCUT2D eigenvalue weighted by atomic mass is 35.5. The number of nitrogens with one attached hydrogen (secondary N) is 1. The minimum Gasteiger partial charge on any atom is -0.490 e. The summed E-state index contributed by atoms with van der Waals surface area (Å²) < 4.78 is 24.2. The van der Waals surface area contributed by atoms with Crippen LogP contribution in [0.3, 0.4) is 0 Å². The van der Waals surface area contributed by atoms with E-state index in [2.05, 4.69) is 10.3 Å². The van der Waals surface area contributed by atoms with Crippen LogP contribution in [0.4, 0.5) is 10.1 Å². The second-order valence-electron chi connectivity index (χ2n) is 6.59. The number of carbonyl (C=O) groups excluding carboxylic acids is 2. The number of ether oxygens (including phenoxy) is 2. The number of halogens is 2. The molecule has 0 spiro atoms. The van der Waals surface area contributed by atoms with Crippen LogP contribution >= 0.6 is 23.4 Å². The quantitative estimate of drug-likeness (QED) is 0.597. The molecule has 0 unspecified atom stereocenters. The molecule has 32 heavy (non-hydrogen) atoms. The van der Waals surface area contributed by atoms with Crippen LogP contribution in [0, 0.1) is 5.82 Å². The van der Waals surface area contributed by atoms with Crippen molar-refractivity contribution >= 4 is 52.1 Å². The minimum atomic E-state index is -0.441. The average Bonchev–Trinajstić information content (AvgIpc) is 3.03. The zero-order chi connectivity index (χ0) is 23.3. The van der Waals surface area contributed by atoms with E-state index in [-0.39, 0.29) is 23.3 Å². The van der Waals surface area contributed by atoms with Gasteiger partial charge in [-0.3, -0.25) is 19.5 Å². The first-order chi connectivity index (χ1) is 15.3. The van der Waals surface area contributed by atoms with Crippen LogP contribution in [0.5, 0.6) is 11.5 Å². The second-order valence-corrected chi connectivity index (χ2v) is 8.00. The first kappa shape index (κ1) is 23.6. The fraction of sp³-hybridized carbons (Fsp3) is 0.227. The van der Waals surface area contributed by atoms with Gasteiger partial charge in [-0.05, 0) is 66.7 Å². The lowest BCUT2D eigenvalue weighted by molar-refractivity contribution is -0.121. The first-order valence-corrected chi connectivity index (χ1v) is 10.8. The summed E-state index contributed by atoms with van der Waals surface area (Å²) in [6.07, 6.45) is 1.70. The summed E-state index contributed by atoms with van der Waals surface area (Å²) in [6.45, 7) is 1.82. The standard InChI is InChI=1S/C22H21ClFN3O4S/c1-4-30-17-10-13(11-18-21(29)27(3)22(25-2)32-18)9-16(23)20(17)31-12-19(28)26-15-7-5-14(24)6-8-15/h5-11H,4,12H2,1-3H3,(H,26,28)/b18-11+,25-22?. The third-order valence-electron chi connectivity index (χ3n) is 4.30. The van der Waals surface area contributed by atoms with Gasteiger partial charge in [-0.1, -0.05) is 11.6 Å². The van der Waals surface area contributed by atoms with Crippen LogP contribution in [0.2, 0.25) is 5.02 Å². The summed E-state index contributed by atoms with van der Waals surface area (Å²) in [7, 11) is 3.28. The molecule has 2 aromatic carbocycles. The highest BCUT2D eigenvalue weighted by Crippen LogP contribution is 2.39. The topological polar surface area (TPSA) is 80.2 Å². The Morgan fingerprint density at radius 1 is 1.28 bits per heavy atom. The van der Waals surface area contributed by atoms with Crippen molar-refractivity contribution in [2.45, 2.75) is 6.92 Å². The second kappa shape index (κ2) is 10.5. The lowest BCUT2D eigenvalue weighted by Gasteiger charge is -2.14. The van der Waals surface area contributed by atoms with E-state index in [1.54, 1.807) is 39.2 Å². The van der Waals surface area contributed by atoms with Crippen molar-refractivity contribution in [3.8, 4) is 11.5 Å². The molecule has 2 aromatic rings. The van der Waals surface area contributed by atoms with Crippen molar-refractivity contribution < 1.29 is 23.5 Å². The fourth-order valence-electron chi connectivity index (χ4n) is 2.84. The van der Waals surface area contributed by atoms with Gasteiger partial charge in [-0.25, -0.2) is 4.39 Å². The Hall–Kier alpha value is -3.04. The number of rotatable bonds is 7. The maximum absolute atomic E-state index is 13.0. The van der Waals surface area contributed by atoms with Gasteiger partial charge >= 0.3 is 0 Å². The van der Waals surface area contributed by atoms with Crippen molar-refractivity contribution in [3.05, 3.63) is 57.7 Å². The van der Waals surface area contributed by atoms with E-state index in [0.29, 0.717) is 33.7 Å². The largest absolute Gasteiger partial charge is 0.490 e. The van der Waals surface area contributed by atoms with Crippen LogP contribution in [0.1, 0.15) is 12.5 Å². The molecule has 1 heterocycles. The zero-order valence-corrected chi connectivity index (χ0v) is 19.2. The Labute approximate surface area is 194 Å². The first-order valence-electron chi connectivity index (χ1n) is 9.61. The zero-order valence-electron chi connectivity index (χ0n) is 17.6. The molecule has 3 rings (SSSR count). The highest BCUT2D eigenvalue weighted by molar-refractivity contribution is 8.18. The number of amidine groups is 1. The normalized spacial score (nSPS) is 16.0. The van der Waals surface area contributed by atoms with Crippen molar-refractivity contribution in [1.29, 1.82) is 0 Å². The van der Waals surface area contributed by atoms with Gasteiger partial charge < -0.3 is 14.8 Å². The van der Waals surface area contributed by atoms with Crippen LogP contribution in [0.25, 0.3) is 6.08 Å². The van der Waals surface area contributed by atoms with Crippen LogP contribution in [-0.4, -0.2) is 49.2 Å². The molecule has 0 aliphatic carbocycles. The van der Waals surface area contributed by atoms with Crippen molar-refractivity contribution in [2.24, 2.45) is 4.99 Å². The third kappa shape index (κ3) is 5.60. The van der Waals surface area contributed by atoms with Gasteiger partial charge in [-0.2, -0.15) is 0 Å². The molecule has 168 valence electrons. The predicted molar refractivity (Wildman–Crippen MR) is 125 cm³/mol. The SMILES string of the molecule is CCOc1cc(/C=C2/SC(=NC)N(C)C2=O)cc(Cl)c1OCC(=O)Nc1ccc(F)cc1. The van der Waals surface area contributed by atoms with Crippen molar-refractivity contribution in [2.75, 3.05) is 32.6 Å². The summed E-state index contributed by atoms with van der Waals surface area (Å²) in [5, 5.41) is 3.44. The summed E-state index contributed by atoms with van der Waals surface area (Å²) in [4.78, 5) is 30.6. The van der Waals surface area contributed by atoms with Gasteiger partial charge in [0.2, 0.25) is 0 Å². The molecule has 0 bridgehead atoms. The Kier molecular flexibility index (Phi) is 7.76. The fourth-order valence-corrected chi connectivity index (χ4v) is 4.04. The van der Waals surface area contributed by atoms with Crippen molar-refractivity contribution in [3.63, 3.8) is 0 Å². The molecule has 0 saturated carbocycles. The number of benzene rings is 2. The average molecular weight is 478 g/mol. The van der Waals surface area contributed by atoms with Gasteiger partial charge in [0.25, 0.3) is 11.8 Å². The maximum Gasteiger partial charge on any atom is 0.266 e. The van der Waals surface area contributed by atoms with E-state index in [4.69, 9.17) is 21.1 Å². The number of hydrogen-bond donors (Lipinski definition) is 1. The van der Waals surface area contributed by atoms with E-state index in [1.165, 1.54) is 40.9 Å². The predicted octanol–water partition coefficient (Wildman–Crippen LogP) is 4.43. The smallest absolute Gasteiger partial charge is 0.266 e. The van der Waals surface area contributed by atoms with Gasteiger partial charge in [0.05, 0.1) is 16.5 Å². The molecule has 0 aromatic heterocycles. The number of nitrogens with zero attached hydrogens (tertiary/aromatic N) is 2. The summed E-state index contributed by atoms with van der Waals surface area (Å²) in [5.41, 5.74) is 1.08. The lowest BCUT2D eigenvalue weighted by atomic mass is 10.1. The number of carbonyl (C=O) groups is 2. The van der Waals surface area contributed by atoms with Gasteiger partial charge in [-0.15, -0.1) is 0 Å². The molecule has 2 amide bonds. The number of thioether (sulfide) groups is 1. The summed E-state index contributed by atoms with van der Waals surface area (Å²) in [6, 6.07) is 8.69. The Morgan fingerprint density at radius 3 is 2.62 bits per heavy atom. The number of hydrogen-bond acceptors (Lipinski definition) is 6. The van der Waals surface area contributed by atoms with Crippen LogP contribution in [-0.2, 0) is 9.59 Å². The number of likely N-dealkylation sites (N-methyl/N-ethyl adjacent to an activating group) is 1. The van der Waals surface area contributed by atoms with E-state index in [9.17, 15) is 14.0 Å². The van der Waals surface area contributed by atoms with E-state index in [0.717, 1.165) is 0 Å². The van der Waals surface area contributed by atoms with Gasteiger partial charge in [0, 0.05) is 19.8 Å². The van der Waals surface area contributed by atoms with Crippen molar-refractivity contribution in [1.82, 2.24) is 4.90 Å². The molecule has 1 fully saturated rings. The number of anilines is 1. The highest BCUT2D eigenvalue weighted by Gasteiger charge is 2.29. The Balaban J connectivity index is 1.77. The lowest BCUT2D eigenvalue weighted by Crippen LogP contribution is -2.23. The summed E-state index contributed by atoms with van der Waals surface area (Å²) >= 11 is 7.67. The van der Waals surface area contributed by atoms with Crippen LogP contribution in [0.15, 0.2) is 46.3 Å². The number of aliphatic imine (C=N–C) groups is 1. The molecule has 0 radical (unpaired) electrons. The molecule has 1 aliphatic heterocycles. The molecule has 0 atom stereocenters.